The van der Waals surface area contributed by atoms with Crippen molar-refractivity contribution in [1.82, 2.24) is 5.43 Å². The monoisotopic (exact) mass is 238 g/mol. The third-order valence-corrected chi connectivity index (χ3v) is 5.43. The van der Waals surface area contributed by atoms with Crippen LogP contribution < -0.4 is 11.3 Å². The van der Waals surface area contributed by atoms with E-state index in [1.165, 1.54) is 32.1 Å². The summed E-state index contributed by atoms with van der Waals surface area (Å²) in [4.78, 5) is 11.1. The van der Waals surface area contributed by atoms with Gasteiger partial charge in [-0.3, -0.25) is 10.6 Å². The lowest BCUT2D eigenvalue weighted by Crippen LogP contribution is -2.50. The minimum Gasteiger partial charge on any atom is -0.480 e. The average molecular weight is 238 g/mol. The van der Waals surface area contributed by atoms with Crippen molar-refractivity contribution in [2.24, 2.45) is 35.4 Å². The maximum atomic E-state index is 11.1. The summed E-state index contributed by atoms with van der Waals surface area (Å²) in [5, 5.41) is 9.09. The van der Waals surface area contributed by atoms with Gasteiger partial charge in [-0.2, -0.15) is 0 Å². The maximum absolute atomic E-state index is 11.1. The topological polar surface area (TPSA) is 75.3 Å². The Morgan fingerprint density at radius 1 is 1.18 bits per heavy atom. The number of carbonyl (C=O) groups is 1. The third-order valence-electron chi connectivity index (χ3n) is 5.43. The van der Waals surface area contributed by atoms with E-state index >= 15 is 0 Å². The first-order valence-corrected chi connectivity index (χ1v) is 6.86. The highest BCUT2D eigenvalue weighted by molar-refractivity contribution is 5.73. The van der Waals surface area contributed by atoms with Crippen LogP contribution in [0.15, 0.2) is 0 Å². The van der Waals surface area contributed by atoms with Gasteiger partial charge in [-0.15, -0.1) is 0 Å². The quantitative estimate of drug-likeness (QED) is 0.510. The lowest BCUT2D eigenvalue weighted by atomic mass is 9.51. The zero-order valence-electron chi connectivity index (χ0n) is 10.1. The molecule has 0 aromatic heterocycles. The van der Waals surface area contributed by atoms with E-state index in [2.05, 4.69) is 5.43 Å². The Balaban J connectivity index is 1.69. The van der Waals surface area contributed by atoms with Crippen molar-refractivity contribution in [2.75, 3.05) is 0 Å². The van der Waals surface area contributed by atoms with Crippen LogP contribution in [0.4, 0.5) is 0 Å². The predicted molar refractivity (Wildman–Crippen MR) is 63.9 cm³/mol. The SMILES string of the molecule is NNC(CC1C2CC3CC(C2)CC1C3)C(=O)O. The first-order valence-electron chi connectivity index (χ1n) is 6.86. The fraction of sp³-hybridized carbons (Fsp3) is 0.923. The molecule has 0 spiro atoms. The molecule has 1 atom stereocenters. The number of nitrogens with two attached hydrogens (primary N) is 1. The minimum absolute atomic E-state index is 0.558. The summed E-state index contributed by atoms with van der Waals surface area (Å²) in [6.45, 7) is 0. The van der Waals surface area contributed by atoms with E-state index in [0.717, 1.165) is 30.1 Å². The number of nitrogens with one attached hydrogen (secondary N) is 1. The molecule has 96 valence electrons. The zero-order valence-corrected chi connectivity index (χ0v) is 10.1. The van der Waals surface area contributed by atoms with Crippen LogP contribution >= 0.6 is 0 Å². The maximum Gasteiger partial charge on any atom is 0.322 e. The van der Waals surface area contributed by atoms with E-state index in [-0.39, 0.29) is 0 Å². The van der Waals surface area contributed by atoms with Gasteiger partial charge in [0.05, 0.1) is 0 Å². The Kier molecular flexibility index (Phi) is 2.87. The first kappa shape index (κ1) is 11.5. The number of hydrogen-bond acceptors (Lipinski definition) is 3. The Labute approximate surface area is 102 Å². The van der Waals surface area contributed by atoms with Gasteiger partial charge in [-0.05, 0) is 68.1 Å². The van der Waals surface area contributed by atoms with Crippen molar-refractivity contribution >= 4 is 5.97 Å². The molecule has 17 heavy (non-hydrogen) atoms. The van der Waals surface area contributed by atoms with Crippen molar-refractivity contribution in [3.05, 3.63) is 0 Å². The third kappa shape index (κ3) is 1.97. The van der Waals surface area contributed by atoms with Gasteiger partial charge >= 0.3 is 5.97 Å². The second-order valence-electron chi connectivity index (χ2n) is 6.39. The first-order chi connectivity index (χ1) is 8.17. The molecule has 0 aromatic carbocycles. The van der Waals surface area contributed by atoms with E-state index in [0.29, 0.717) is 5.92 Å². The second kappa shape index (κ2) is 4.25. The number of rotatable bonds is 4. The molecule has 0 amide bonds. The molecule has 0 saturated heterocycles. The molecule has 4 heteroatoms. The average Bonchev–Trinajstić information content (AvgIpc) is 2.27. The molecule has 4 bridgehead atoms. The predicted octanol–water partition coefficient (Wildman–Crippen LogP) is 1.37. The Morgan fingerprint density at radius 2 is 1.71 bits per heavy atom. The molecule has 4 saturated carbocycles. The number of carboxylic acid groups (broad SMARTS) is 1. The molecule has 4 fully saturated rings. The summed E-state index contributed by atoms with van der Waals surface area (Å²) in [5.41, 5.74) is 2.46. The standard InChI is InChI=1S/C13H22N2O2/c14-15-12(13(16)17)6-11-9-2-7-1-8(4-9)5-10(11)3-7/h7-12,15H,1-6,14H2,(H,16,17). The molecule has 1 unspecified atom stereocenters. The van der Waals surface area contributed by atoms with Crippen molar-refractivity contribution in [2.45, 2.75) is 44.6 Å². The number of hydrogen-bond donors (Lipinski definition) is 3. The molecular weight excluding hydrogens is 216 g/mol. The van der Waals surface area contributed by atoms with Crippen molar-refractivity contribution in [1.29, 1.82) is 0 Å². The minimum atomic E-state index is -0.804. The van der Waals surface area contributed by atoms with Crippen LogP contribution in [0.2, 0.25) is 0 Å². The van der Waals surface area contributed by atoms with Gasteiger partial charge < -0.3 is 5.11 Å². The molecule has 4 nitrogen and oxygen atoms in total. The normalized spacial score (nSPS) is 44.9. The Hall–Kier alpha value is -0.610. The fourth-order valence-electron chi connectivity index (χ4n) is 4.94. The molecule has 4 N–H and O–H groups in total. The summed E-state index contributed by atoms with van der Waals surface area (Å²) in [5.74, 6) is 8.59. The summed E-state index contributed by atoms with van der Waals surface area (Å²) in [7, 11) is 0. The van der Waals surface area contributed by atoms with E-state index in [4.69, 9.17) is 10.9 Å². The molecule has 0 radical (unpaired) electrons. The van der Waals surface area contributed by atoms with Gasteiger partial charge in [0, 0.05) is 0 Å². The number of hydrazine groups is 1. The van der Waals surface area contributed by atoms with Crippen LogP contribution in [0.1, 0.15) is 38.5 Å². The van der Waals surface area contributed by atoms with Gasteiger partial charge in [0.1, 0.15) is 6.04 Å². The molecule has 0 heterocycles. The highest BCUT2D eigenvalue weighted by Crippen LogP contribution is 2.57. The van der Waals surface area contributed by atoms with E-state index in [9.17, 15) is 4.79 Å². The van der Waals surface area contributed by atoms with Crippen LogP contribution in [-0.2, 0) is 4.79 Å². The molecular formula is C13H22N2O2. The molecule has 4 aliphatic rings. The van der Waals surface area contributed by atoms with Gasteiger partial charge in [0.2, 0.25) is 0 Å². The lowest BCUT2D eigenvalue weighted by molar-refractivity contribution is -0.141. The second-order valence-corrected chi connectivity index (χ2v) is 6.39. The molecule has 4 rings (SSSR count). The van der Waals surface area contributed by atoms with E-state index < -0.39 is 12.0 Å². The lowest BCUT2D eigenvalue weighted by Gasteiger charge is -2.55. The Morgan fingerprint density at radius 3 is 2.12 bits per heavy atom. The van der Waals surface area contributed by atoms with Gasteiger partial charge in [0.25, 0.3) is 0 Å². The number of carboxylic acids is 1. The highest BCUT2D eigenvalue weighted by atomic mass is 16.4. The van der Waals surface area contributed by atoms with Crippen LogP contribution in [0.3, 0.4) is 0 Å². The van der Waals surface area contributed by atoms with Gasteiger partial charge in [-0.25, -0.2) is 5.43 Å². The fourth-order valence-corrected chi connectivity index (χ4v) is 4.94. The number of aliphatic carboxylic acids is 1. The molecule has 4 aliphatic carbocycles. The summed E-state index contributed by atoms with van der Waals surface area (Å²) < 4.78 is 0. The van der Waals surface area contributed by atoms with Crippen molar-refractivity contribution in [3.8, 4) is 0 Å². The van der Waals surface area contributed by atoms with Crippen LogP contribution in [-0.4, -0.2) is 17.1 Å². The molecule has 0 aromatic rings. The van der Waals surface area contributed by atoms with Crippen LogP contribution in [0, 0.1) is 29.6 Å². The van der Waals surface area contributed by atoms with Crippen LogP contribution in [0.5, 0.6) is 0 Å². The van der Waals surface area contributed by atoms with E-state index in [1.807, 2.05) is 0 Å². The van der Waals surface area contributed by atoms with Crippen LogP contribution in [0.25, 0.3) is 0 Å². The van der Waals surface area contributed by atoms with Crippen molar-refractivity contribution in [3.63, 3.8) is 0 Å². The molecule has 0 aliphatic heterocycles. The smallest absolute Gasteiger partial charge is 0.322 e. The largest absolute Gasteiger partial charge is 0.480 e. The summed E-state index contributed by atoms with van der Waals surface area (Å²) >= 11 is 0. The highest BCUT2D eigenvalue weighted by Gasteiger charge is 2.48. The van der Waals surface area contributed by atoms with Gasteiger partial charge in [-0.1, -0.05) is 0 Å². The Bertz CT molecular complexity index is 291. The zero-order chi connectivity index (χ0) is 12.0. The van der Waals surface area contributed by atoms with E-state index in [1.54, 1.807) is 0 Å². The van der Waals surface area contributed by atoms with Gasteiger partial charge in [0.15, 0.2) is 0 Å². The van der Waals surface area contributed by atoms with Crippen molar-refractivity contribution < 1.29 is 9.90 Å². The summed E-state index contributed by atoms with van der Waals surface area (Å²) in [6.07, 6.45) is 7.53. The summed E-state index contributed by atoms with van der Waals surface area (Å²) in [6, 6.07) is -0.558.